The summed E-state index contributed by atoms with van der Waals surface area (Å²) in [7, 11) is 0. The number of aromatic nitrogens is 1. The Hall–Kier alpha value is -1.94. The summed E-state index contributed by atoms with van der Waals surface area (Å²) >= 11 is 3.23. The first-order valence-electron chi connectivity index (χ1n) is 6.69. The molecular formula is C17H14BrFN2. The predicted molar refractivity (Wildman–Crippen MR) is 87.9 cm³/mol. The van der Waals surface area contributed by atoms with E-state index in [-0.39, 0.29) is 11.9 Å². The summed E-state index contributed by atoms with van der Waals surface area (Å²) < 4.78 is 13.8. The van der Waals surface area contributed by atoms with Crippen LogP contribution >= 0.6 is 15.9 Å². The second-order valence-corrected chi connectivity index (χ2v) is 5.80. The van der Waals surface area contributed by atoms with Gasteiger partial charge in [-0.15, -0.1) is 0 Å². The summed E-state index contributed by atoms with van der Waals surface area (Å²) in [6.07, 6.45) is 3.63. The number of pyridine rings is 1. The van der Waals surface area contributed by atoms with Crippen LogP contribution in [0.4, 0.5) is 10.1 Å². The van der Waals surface area contributed by atoms with E-state index in [9.17, 15) is 4.39 Å². The molecule has 1 atom stereocenters. The zero-order valence-electron chi connectivity index (χ0n) is 11.5. The molecular weight excluding hydrogens is 331 g/mol. The summed E-state index contributed by atoms with van der Waals surface area (Å²) in [4.78, 5) is 4.14. The Balaban J connectivity index is 1.92. The average molecular weight is 345 g/mol. The lowest BCUT2D eigenvalue weighted by Crippen LogP contribution is -2.07. The second kappa shape index (κ2) is 5.82. The molecule has 3 aromatic rings. The van der Waals surface area contributed by atoms with Gasteiger partial charge in [0.05, 0.1) is 4.47 Å². The molecule has 3 rings (SSSR count). The van der Waals surface area contributed by atoms with Crippen LogP contribution in [0.15, 0.2) is 59.3 Å². The molecule has 4 heteroatoms. The van der Waals surface area contributed by atoms with E-state index < -0.39 is 0 Å². The molecule has 2 nitrogen and oxygen atoms in total. The molecule has 0 aliphatic carbocycles. The molecule has 0 fully saturated rings. The van der Waals surface area contributed by atoms with Crippen LogP contribution in [0.5, 0.6) is 0 Å². The van der Waals surface area contributed by atoms with Crippen LogP contribution in [0, 0.1) is 5.82 Å². The minimum atomic E-state index is -0.248. The molecule has 1 aromatic heterocycles. The fraction of sp³-hybridized carbons (Fsp3) is 0.118. The maximum absolute atomic E-state index is 13.3. The number of benzene rings is 2. The summed E-state index contributed by atoms with van der Waals surface area (Å²) in [5, 5.41) is 5.69. The molecule has 0 spiro atoms. The van der Waals surface area contributed by atoms with Crippen molar-refractivity contribution in [2.75, 3.05) is 5.32 Å². The highest BCUT2D eigenvalue weighted by molar-refractivity contribution is 9.10. The van der Waals surface area contributed by atoms with Crippen LogP contribution in [-0.2, 0) is 0 Å². The number of hydrogen-bond acceptors (Lipinski definition) is 2. The third kappa shape index (κ3) is 2.90. The van der Waals surface area contributed by atoms with E-state index in [1.54, 1.807) is 18.3 Å². The van der Waals surface area contributed by atoms with Crippen LogP contribution in [0.3, 0.4) is 0 Å². The maximum Gasteiger partial charge on any atom is 0.137 e. The van der Waals surface area contributed by atoms with Gasteiger partial charge in [-0.05, 0) is 52.7 Å². The van der Waals surface area contributed by atoms with Gasteiger partial charge in [0.1, 0.15) is 5.82 Å². The Morgan fingerprint density at radius 3 is 2.86 bits per heavy atom. The smallest absolute Gasteiger partial charge is 0.137 e. The zero-order valence-corrected chi connectivity index (χ0v) is 13.1. The Bertz CT molecular complexity index is 783. The molecule has 0 aliphatic heterocycles. The first-order chi connectivity index (χ1) is 10.1. The highest BCUT2D eigenvalue weighted by Crippen LogP contribution is 2.28. The van der Waals surface area contributed by atoms with Gasteiger partial charge in [-0.3, -0.25) is 4.98 Å². The van der Waals surface area contributed by atoms with Gasteiger partial charge in [-0.25, -0.2) is 4.39 Å². The standard InChI is InChI=1S/C17H14BrFN2/c1-11(12-5-6-16(19)15(18)9-12)21-17-4-2-3-13-10-20-8-7-14(13)17/h2-11,21H,1H3. The number of nitrogens with zero attached hydrogens (tertiary/aromatic N) is 1. The summed E-state index contributed by atoms with van der Waals surface area (Å²) in [6, 6.07) is 13.2. The van der Waals surface area contributed by atoms with Gasteiger partial charge in [0.2, 0.25) is 0 Å². The van der Waals surface area contributed by atoms with E-state index in [1.165, 1.54) is 6.07 Å². The molecule has 1 heterocycles. The molecule has 0 saturated carbocycles. The first kappa shape index (κ1) is 14.0. The number of nitrogens with one attached hydrogen (secondary N) is 1. The predicted octanol–water partition coefficient (Wildman–Crippen LogP) is 5.31. The van der Waals surface area contributed by atoms with Gasteiger partial charge in [0.15, 0.2) is 0 Å². The molecule has 0 amide bonds. The molecule has 0 aliphatic rings. The van der Waals surface area contributed by atoms with E-state index in [0.717, 1.165) is 22.0 Å². The van der Waals surface area contributed by atoms with Gasteiger partial charge in [-0.2, -0.15) is 0 Å². The van der Waals surface area contributed by atoms with E-state index in [1.807, 2.05) is 30.5 Å². The number of rotatable bonds is 3. The van der Waals surface area contributed by atoms with Crippen molar-refractivity contribution in [1.82, 2.24) is 4.98 Å². The van der Waals surface area contributed by atoms with E-state index in [4.69, 9.17) is 0 Å². The Labute approximate surface area is 131 Å². The largest absolute Gasteiger partial charge is 0.378 e. The van der Waals surface area contributed by atoms with Gasteiger partial charge in [0.25, 0.3) is 0 Å². The maximum atomic E-state index is 13.3. The SMILES string of the molecule is CC(Nc1cccc2cnccc12)c1ccc(F)c(Br)c1. The molecule has 1 N–H and O–H groups in total. The van der Waals surface area contributed by atoms with Crippen molar-refractivity contribution in [3.05, 3.63) is 70.7 Å². The molecule has 106 valence electrons. The normalized spacial score (nSPS) is 12.3. The van der Waals surface area contributed by atoms with Crippen LogP contribution < -0.4 is 5.32 Å². The van der Waals surface area contributed by atoms with Gasteiger partial charge in [0, 0.05) is 34.9 Å². The Kier molecular flexibility index (Phi) is 3.88. The van der Waals surface area contributed by atoms with E-state index in [2.05, 4.69) is 33.2 Å². The molecule has 0 bridgehead atoms. The highest BCUT2D eigenvalue weighted by Gasteiger charge is 2.09. The third-order valence-corrected chi connectivity index (χ3v) is 4.10. The van der Waals surface area contributed by atoms with Crippen molar-refractivity contribution in [3.63, 3.8) is 0 Å². The monoisotopic (exact) mass is 344 g/mol. The quantitative estimate of drug-likeness (QED) is 0.696. The summed E-state index contributed by atoms with van der Waals surface area (Å²) in [5.41, 5.74) is 2.07. The minimum Gasteiger partial charge on any atom is -0.378 e. The average Bonchev–Trinajstić information content (AvgIpc) is 2.50. The van der Waals surface area contributed by atoms with E-state index in [0.29, 0.717) is 4.47 Å². The highest BCUT2D eigenvalue weighted by atomic mass is 79.9. The minimum absolute atomic E-state index is 0.0701. The number of hydrogen-bond donors (Lipinski definition) is 1. The van der Waals surface area contributed by atoms with Crippen molar-refractivity contribution in [1.29, 1.82) is 0 Å². The van der Waals surface area contributed by atoms with Gasteiger partial charge in [-0.1, -0.05) is 18.2 Å². The number of fused-ring (bicyclic) bond motifs is 1. The van der Waals surface area contributed by atoms with Crippen molar-refractivity contribution in [2.24, 2.45) is 0 Å². The van der Waals surface area contributed by atoms with E-state index >= 15 is 0 Å². The molecule has 0 radical (unpaired) electrons. The van der Waals surface area contributed by atoms with Crippen molar-refractivity contribution < 1.29 is 4.39 Å². The lowest BCUT2D eigenvalue weighted by Gasteiger charge is -2.17. The lowest BCUT2D eigenvalue weighted by molar-refractivity contribution is 0.619. The van der Waals surface area contributed by atoms with Gasteiger partial charge >= 0.3 is 0 Å². The fourth-order valence-corrected chi connectivity index (χ4v) is 2.74. The lowest BCUT2D eigenvalue weighted by atomic mass is 10.1. The fourth-order valence-electron chi connectivity index (χ4n) is 2.35. The van der Waals surface area contributed by atoms with Crippen LogP contribution in [-0.4, -0.2) is 4.98 Å². The molecule has 0 saturated heterocycles. The van der Waals surface area contributed by atoms with Crippen LogP contribution in [0.2, 0.25) is 0 Å². The first-order valence-corrected chi connectivity index (χ1v) is 7.48. The topological polar surface area (TPSA) is 24.9 Å². The summed E-state index contributed by atoms with van der Waals surface area (Å²) in [5.74, 6) is -0.248. The zero-order chi connectivity index (χ0) is 14.8. The molecule has 2 aromatic carbocycles. The van der Waals surface area contributed by atoms with Crippen molar-refractivity contribution in [2.45, 2.75) is 13.0 Å². The van der Waals surface area contributed by atoms with Crippen molar-refractivity contribution in [3.8, 4) is 0 Å². The van der Waals surface area contributed by atoms with Crippen LogP contribution in [0.1, 0.15) is 18.5 Å². The van der Waals surface area contributed by atoms with Gasteiger partial charge < -0.3 is 5.32 Å². The molecule has 1 unspecified atom stereocenters. The second-order valence-electron chi connectivity index (χ2n) is 4.94. The summed E-state index contributed by atoms with van der Waals surface area (Å²) in [6.45, 7) is 2.06. The number of halogens is 2. The Morgan fingerprint density at radius 2 is 2.05 bits per heavy atom. The Morgan fingerprint density at radius 1 is 1.19 bits per heavy atom. The third-order valence-electron chi connectivity index (χ3n) is 3.50. The molecule has 21 heavy (non-hydrogen) atoms. The van der Waals surface area contributed by atoms with Crippen molar-refractivity contribution >= 4 is 32.4 Å². The van der Waals surface area contributed by atoms with Crippen LogP contribution in [0.25, 0.3) is 10.8 Å². The number of anilines is 1.